The third-order valence-electron chi connectivity index (χ3n) is 3.55. The number of benzene rings is 1. The zero-order chi connectivity index (χ0) is 12.8. The molecule has 0 radical (unpaired) electrons. The number of carbonyl (C=O) groups is 1. The number of rotatable bonds is 4. The van der Waals surface area contributed by atoms with Gasteiger partial charge >= 0.3 is 0 Å². The third kappa shape index (κ3) is 3.76. The van der Waals surface area contributed by atoms with Crippen LogP contribution < -0.4 is 10.2 Å². The molecule has 1 aliphatic rings. The lowest BCUT2D eigenvalue weighted by Crippen LogP contribution is -2.41. The van der Waals surface area contributed by atoms with Gasteiger partial charge in [0, 0.05) is 18.8 Å². The van der Waals surface area contributed by atoms with Crippen LogP contribution in [0.2, 0.25) is 0 Å². The molecule has 0 aliphatic heterocycles. The maximum Gasteiger partial charge on any atom is 0.239 e. The summed E-state index contributed by atoms with van der Waals surface area (Å²) in [6.07, 6.45) is 6.09. The van der Waals surface area contributed by atoms with Crippen LogP contribution in [0.4, 0.5) is 5.69 Å². The van der Waals surface area contributed by atoms with E-state index in [1.165, 1.54) is 19.3 Å². The lowest BCUT2D eigenvalue weighted by Gasteiger charge is -2.25. The van der Waals surface area contributed by atoms with Gasteiger partial charge in [0.2, 0.25) is 5.91 Å². The van der Waals surface area contributed by atoms with Gasteiger partial charge < -0.3 is 10.2 Å². The number of amides is 1. The lowest BCUT2D eigenvalue weighted by molar-refractivity contribution is -0.120. The molecule has 18 heavy (non-hydrogen) atoms. The van der Waals surface area contributed by atoms with Crippen molar-refractivity contribution in [3.8, 4) is 0 Å². The topological polar surface area (TPSA) is 32.3 Å². The van der Waals surface area contributed by atoms with Gasteiger partial charge in [0.05, 0.1) is 6.54 Å². The van der Waals surface area contributed by atoms with E-state index >= 15 is 0 Å². The van der Waals surface area contributed by atoms with Crippen molar-refractivity contribution in [2.45, 2.75) is 38.1 Å². The van der Waals surface area contributed by atoms with Crippen molar-refractivity contribution in [1.82, 2.24) is 5.32 Å². The second kappa shape index (κ2) is 6.43. The van der Waals surface area contributed by atoms with Gasteiger partial charge in [0.25, 0.3) is 0 Å². The van der Waals surface area contributed by atoms with E-state index in [0.717, 1.165) is 18.5 Å². The Balaban J connectivity index is 1.80. The Morgan fingerprint density at radius 2 is 1.89 bits per heavy atom. The molecule has 0 unspecified atom stereocenters. The summed E-state index contributed by atoms with van der Waals surface area (Å²) in [6.45, 7) is 0.431. The first-order chi connectivity index (χ1) is 8.75. The summed E-state index contributed by atoms with van der Waals surface area (Å²) >= 11 is 0. The standard InChI is InChI=1S/C15H22N2O/c1-17(14-10-6-3-7-11-14)12-15(18)16-13-8-4-2-5-9-13/h3,6-7,10-11,13H,2,4-5,8-9,12H2,1H3,(H,16,18). The first-order valence-corrected chi connectivity index (χ1v) is 6.81. The molecule has 1 fully saturated rings. The summed E-state index contributed by atoms with van der Waals surface area (Å²) in [6, 6.07) is 10.4. The Hall–Kier alpha value is -1.51. The van der Waals surface area contributed by atoms with E-state index in [0.29, 0.717) is 12.6 Å². The van der Waals surface area contributed by atoms with Gasteiger partial charge in [-0.15, -0.1) is 0 Å². The molecule has 0 aromatic heterocycles. The summed E-state index contributed by atoms with van der Waals surface area (Å²) in [5.74, 6) is 0.133. The van der Waals surface area contributed by atoms with Crippen molar-refractivity contribution >= 4 is 11.6 Å². The van der Waals surface area contributed by atoms with E-state index in [4.69, 9.17) is 0 Å². The number of nitrogens with one attached hydrogen (secondary N) is 1. The molecule has 2 rings (SSSR count). The fourth-order valence-corrected chi connectivity index (χ4v) is 2.51. The van der Waals surface area contributed by atoms with Crippen LogP contribution in [-0.2, 0) is 4.79 Å². The van der Waals surface area contributed by atoms with Crippen LogP contribution in [0.1, 0.15) is 32.1 Å². The Kier molecular flexibility index (Phi) is 4.62. The average Bonchev–Trinajstić information content (AvgIpc) is 2.40. The molecule has 98 valence electrons. The number of para-hydroxylation sites is 1. The van der Waals surface area contributed by atoms with Gasteiger partial charge in [-0.2, -0.15) is 0 Å². The van der Waals surface area contributed by atoms with Crippen molar-refractivity contribution in [2.24, 2.45) is 0 Å². The summed E-state index contributed by atoms with van der Waals surface area (Å²) < 4.78 is 0. The summed E-state index contributed by atoms with van der Waals surface area (Å²) in [7, 11) is 1.95. The fraction of sp³-hybridized carbons (Fsp3) is 0.533. The zero-order valence-electron chi connectivity index (χ0n) is 11.1. The SMILES string of the molecule is CN(CC(=O)NC1CCCCC1)c1ccccc1. The molecule has 0 atom stereocenters. The van der Waals surface area contributed by atoms with E-state index in [9.17, 15) is 4.79 Å². The highest BCUT2D eigenvalue weighted by Crippen LogP contribution is 2.17. The van der Waals surface area contributed by atoms with Gasteiger partial charge in [-0.3, -0.25) is 4.79 Å². The van der Waals surface area contributed by atoms with E-state index in [1.54, 1.807) is 0 Å². The van der Waals surface area contributed by atoms with Crippen LogP contribution in [0.15, 0.2) is 30.3 Å². The van der Waals surface area contributed by atoms with Crippen LogP contribution in [-0.4, -0.2) is 25.5 Å². The highest BCUT2D eigenvalue weighted by atomic mass is 16.2. The molecule has 1 aromatic carbocycles. The largest absolute Gasteiger partial charge is 0.365 e. The molecule has 3 heteroatoms. The van der Waals surface area contributed by atoms with E-state index in [-0.39, 0.29) is 5.91 Å². The van der Waals surface area contributed by atoms with E-state index in [2.05, 4.69) is 5.32 Å². The molecule has 0 heterocycles. The predicted octanol–water partition coefficient (Wildman–Crippen LogP) is 2.57. The van der Waals surface area contributed by atoms with Crippen molar-refractivity contribution < 1.29 is 4.79 Å². The van der Waals surface area contributed by atoms with Crippen LogP contribution >= 0.6 is 0 Å². The van der Waals surface area contributed by atoms with Crippen molar-refractivity contribution in [2.75, 3.05) is 18.5 Å². The summed E-state index contributed by atoms with van der Waals surface area (Å²) in [5, 5.41) is 3.14. The van der Waals surface area contributed by atoms with Crippen LogP contribution in [0.5, 0.6) is 0 Å². The van der Waals surface area contributed by atoms with Crippen molar-refractivity contribution in [3.63, 3.8) is 0 Å². The minimum Gasteiger partial charge on any atom is -0.365 e. The van der Waals surface area contributed by atoms with Crippen molar-refractivity contribution in [3.05, 3.63) is 30.3 Å². The summed E-state index contributed by atoms with van der Waals surface area (Å²) in [5.41, 5.74) is 1.08. The predicted molar refractivity (Wildman–Crippen MR) is 74.7 cm³/mol. The lowest BCUT2D eigenvalue weighted by atomic mass is 9.95. The van der Waals surface area contributed by atoms with Crippen LogP contribution in [0.3, 0.4) is 0 Å². The minimum absolute atomic E-state index is 0.133. The first kappa shape index (κ1) is 12.9. The highest BCUT2D eigenvalue weighted by Gasteiger charge is 2.16. The second-order valence-electron chi connectivity index (χ2n) is 5.09. The molecule has 1 aromatic rings. The molecular formula is C15H22N2O. The Morgan fingerprint density at radius 1 is 1.22 bits per heavy atom. The maximum absolute atomic E-state index is 11.9. The molecule has 0 saturated heterocycles. The maximum atomic E-state index is 11.9. The van der Waals surface area contributed by atoms with E-state index in [1.807, 2.05) is 42.3 Å². The molecule has 3 nitrogen and oxygen atoms in total. The monoisotopic (exact) mass is 246 g/mol. The van der Waals surface area contributed by atoms with Gasteiger partial charge in [-0.25, -0.2) is 0 Å². The van der Waals surface area contributed by atoms with Crippen LogP contribution in [0.25, 0.3) is 0 Å². The van der Waals surface area contributed by atoms with Crippen LogP contribution in [0, 0.1) is 0 Å². The minimum atomic E-state index is 0.133. The van der Waals surface area contributed by atoms with Crippen molar-refractivity contribution in [1.29, 1.82) is 0 Å². The van der Waals surface area contributed by atoms with Gasteiger partial charge in [0.15, 0.2) is 0 Å². The molecule has 1 aliphatic carbocycles. The molecule has 0 spiro atoms. The second-order valence-corrected chi connectivity index (χ2v) is 5.09. The molecular weight excluding hydrogens is 224 g/mol. The third-order valence-corrected chi connectivity index (χ3v) is 3.55. The molecule has 1 N–H and O–H groups in total. The van der Waals surface area contributed by atoms with E-state index < -0.39 is 0 Å². The quantitative estimate of drug-likeness (QED) is 0.885. The number of carbonyl (C=O) groups excluding carboxylic acids is 1. The summed E-state index contributed by atoms with van der Waals surface area (Å²) in [4.78, 5) is 13.9. The van der Waals surface area contributed by atoms with Gasteiger partial charge in [-0.05, 0) is 25.0 Å². The highest BCUT2D eigenvalue weighted by molar-refractivity contribution is 5.81. The number of likely N-dealkylation sites (N-methyl/N-ethyl adjacent to an activating group) is 1. The van der Waals surface area contributed by atoms with Gasteiger partial charge in [-0.1, -0.05) is 37.5 Å². The Labute approximate surface area is 109 Å². The Morgan fingerprint density at radius 3 is 2.56 bits per heavy atom. The zero-order valence-corrected chi connectivity index (χ0v) is 11.1. The smallest absolute Gasteiger partial charge is 0.239 e. The Bertz CT molecular complexity index is 371. The first-order valence-electron chi connectivity index (χ1n) is 6.81. The molecule has 1 amide bonds. The number of hydrogen-bond acceptors (Lipinski definition) is 2. The number of nitrogens with zero attached hydrogens (tertiary/aromatic N) is 1. The van der Waals surface area contributed by atoms with Gasteiger partial charge in [0.1, 0.15) is 0 Å². The number of anilines is 1. The normalized spacial score (nSPS) is 16.3. The number of hydrogen-bond donors (Lipinski definition) is 1. The molecule has 0 bridgehead atoms. The molecule has 1 saturated carbocycles. The fourth-order valence-electron chi connectivity index (χ4n) is 2.51. The average molecular weight is 246 g/mol.